The molecule has 0 bridgehead atoms. The zero-order chi connectivity index (χ0) is 10.3. The summed E-state index contributed by atoms with van der Waals surface area (Å²) in [6.07, 6.45) is 0.300. The summed E-state index contributed by atoms with van der Waals surface area (Å²) >= 11 is 0. The number of ether oxygens (including phenoxy) is 2. The molecular formula is C8H6O6. The summed E-state index contributed by atoms with van der Waals surface area (Å²) in [5.74, 6) is -3.63. The van der Waals surface area contributed by atoms with Crippen LogP contribution < -0.4 is 0 Å². The number of esters is 4. The fourth-order valence-corrected chi connectivity index (χ4v) is 1.51. The van der Waals surface area contributed by atoms with E-state index in [1.165, 1.54) is 0 Å². The van der Waals surface area contributed by atoms with Gasteiger partial charge in [-0.05, 0) is 12.8 Å². The number of rotatable bonds is 0. The molecule has 6 nitrogen and oxygen atoms in total. The molecule has 0 amide bonds. The summed E-state index contributed by atoms with van der Waals surface area (Å²) < 4.78 is 8.41. The quantitative estimate of drug-likeness (QED) is 0.378. The van der Waals surface area contributed by atoms with Gasteiger partial charge >= 0.3 is 23.9 Å². The number of hydrogen-bond acceptors (Lipinski definition) is 6. The van der Waals surface area contributed by atoms with Crippen molar-refractivity contribution in [3.8, 4) is 0 Å². The van der Waals surface area contributed by atoms with E-state index in [1.54, 1.807) is 0 Å². The van der Waals surface area contributed by atoms with Crippen molar-refractivity contribution < 1.29 is 28.7 Å². The van der Waals surface area contributed by atoms with E-state index < -0.39 is 29.3 Å². The molecule has 2 saturated heterocycles. The first-order chi connectivity index (χ1) is 6.57. The molecule has 0 aromatic carbocycles. The molecule has 2 rings (SSSR count). The van der Waals surface area contributed by atoms with Gasteiger partial charge in [0, 0.05) is 6.42 Å². The number of carbonyl (C=O) groups is 4. The Morgan fingerprint density at radius 3 is 2.07 bits per heavy atom. The molecule has 0 aliphatic carbocycles. The Morgan fingerprint density at radius 2 is 1.50 bits per heavy atom. The third-order valence-electron chi connectivity index (χ3n) is 2.37. The number of carbonyl (C=O) groups excluding carboxylic acids is 4. The third kappa shape index (κ3) is 0.905. The predicted octanol–water partition coefficient (Wildman–Crippen LogP) is -0.690. The molecule has 2 aliphatic heterocycles. The Balaban J connectivity index is 2.34. The Bertz CT molecular complexity index is 341. The molecule has 0 atom stereocenters. The van der Waals surface area contributed by atoms with E-state index >= 15 is 0 Å². The van der Waals surface area contributed by atoms with Crippen molar-refractivity contribution in [3.63, 3.8) is 0 Å². The molecule has 6 heteroatoms. The van der Waals surface area contributed by atoms with Gasteiger partial charge in [-0.15, -0.1) is 0 Å². The maximum atomic E-state index is 11.3. The average molecular weight is 198 g/mol. The molecule has 14 heavy (non-hydrogen) atoms. The number of hydrogen-bond donors (Lipinski definition) is 0. The zero-order valence-corrected chi connectivity index (χ0v) is 7.07. The SMILES string of the molecule is O=C1CCCC2(C(=O)O1)C(=O)OC2=O. The van der Waals surface area contributed by atoms with E-state index in [-0.39, 0.29) is 19.3 Å². The largest absolute Gasteiger partial charge is 0.392 e. The van der Waals surface area contributed by atoms with E-state index in [4.69, 9.17) is 0 Å². The Kier molecular flexibility index (Phi) is 1.67. The second-order valence-corrected chi connectivity index (χ2v) is 3.20. The molecule has 2 fully saturated rings. The van der Waals surface area contributed by atoms with Gasteiger partial charge in [0.2, 0.25) is 0 Å². The fourth-order valence-electron chi connectivity index (χ4n) is 1.51. The second kappa shape index (κ2) is 2.63. The van der Waals surface area contributed by atoms with Crippen LogP contribution in [0.5, 0.6) is 0 Å². The first-order valence-electron chi connectivity index (χ1n) is 4.09. The van der Waals surface area contributed by atoms with Crippen molar-refractivity contribution in [3.05, 3.63) is 0 Å². The summed E-state index contributed by atoms with van der Waals surface area (Å²) in [7, 11) is 0. The topological polar surface area (TPSA) is 86.7 Å². The van der Waals surface area contributed by atoms with E-state index in [2.05, 4.69) is 9.47 Å². The highest BCUT2D eigenvalue weighted by Gasteiger charge is 2.66. The molecule has 0 radical (unpaired) electrons. The van der Waals surface area contributed by atoms with Crippen LogP contribution in [-0.2, 0) is 28.7 Å². The molecule has 2 aliphatic rings. The Morgan fingerprint density at radius 1 is 0.929 bits per heavy atom. The normalized spacial score (nSPS) is 25.1. The van der Waals surface area contributed by atoms with Crippen LogP contribution >= 0.6 is 0 Å². The van der Waals surface area contributed by atoms with Crippen LogP contribution in [0.15, 0.2) is 0 Å². The standard InChI is InChI=1S/C8H6O6/c9-4-2-1-3-8(5(10)13-4)6(11)14-7(8)12/h1-3H2. The van der Waals surface area contributed by atoms with Crippen LogP contribution in [0.25, 0.3) is 0 Å². The van der Waals surface area contributed by atoms with Crippen LogP contribution in [0, 0.1) is 5.41 Å². The molecule has 0 aromatic rings. The van der Waals surface area contributed by atoms with Gasteiger partial charge in [0.1, 0.15) is 0 Å². The second-order valence-electron chi connectivity index (χ2n) is 3.20. The van der Waals surface area contributed by atoms with Crippen LogP contribution in [-0.4, -0.2) is 23.9 Å². The molecule has 0 saturated carbocycles. The van der Waals surface area contributed by atoms with Crippen molar-refractivity contribution in [1.29, 1.82) is 0 Å². The van der Waals surface area contributed by atoms with Crippen LogP contribution in [0.3, 0.4) is 0 Å². The fraction of sp³-hybridized carbons (Fsp3) is 0.500. The van der Waals surface area contributed by atoms with Gasteiger partial charge in [0.25, 0.3) is 5.41 Å². The van der Waals surface area contributed by atoms with E-state index in [0.29, 0.717) is 0 Å². The van der Waals surface area contributed by atoms with Crippen molar-refractivity contribution in [2.45, 2.75) is 19.3 Å². The maximum Gasteiger partial charge on any atom is 0.342 e. The first kappa shape index (κ1) is 8.86. The minimum absolute atomic E-state index is 0.00472. The minimum Gasteiger partial charge on any atom is -0.392 e. The monoisotopic (exact) mass is 198 g/mol. The van der Waals surface area contributed by atoms with Gasteiger partial charge in [-0.25, -0.2) is 14.4 Å². The lowest BCUT2D eigenvalue weighted by Crippen LogP contribution is -2.58. The smallest absolute Gasteiger partial charge is 0.342 e. The van der Waals surface area contributed by atoms with Gasteiger partial charge in [0.15, 0.2) is 0 Å². The third-order valence-corrected chi connectivity index (χ3v) is 2.37. The summed E-state index contributed by atoms with van der Waals surface area (Å²) in [5.41, 5.74) is -1.84. The first-order valence-corrected chi connectivity index (χ1v) is 4.09. The Hall–Kier alpha value is -1.72. The minimum atomic E-state index is -1.84. The number of cyclic esters (lactones) is 4. The molecule has 74 valence electrons. The van der Waals surface area contributed by atoms with Crippen LogP contribution in [0.2, 0.25) is 0 Å². The summed E-state index contributed by atoms with van der Waals surface area (Å²) in [5, 5.41) is 0. The van der Waals surface area contributed by atoms with Crippen molar-refractivity contribution in [2.75, 3.05) is 0 Å². The van der Waals surface area contributed by atoms with E-state index in [0.717, 1.165) is 0 Å². The molecule has 0 N–H and O–H groups in total. The molecular weight excluding hydrogens is 192 g/mol. The van der Waals surface area contributed by atoms with Gasteiger partial charge in [-0.1, -0.05) is 0 Å². The molecule has 1 spiro atoms. The van der Waals surface area contributed by atoms with Crippen molar-refractivity contribution in [1.82, 2.24) is 0 Å². The van der Waals surface area contributed by atoms with Crippen LogP contribution in [0.1, 0.15) is 19.3 Å². The van der Waals surface area contributed by atoms with Gasteiger partial charge < -0.3 is 9.47 Å². The average Bonchev–Trinajstić information content (AvgIpc) is 2.26. The molecule has 0 unspecified atom stereocenters. The van der Waals surface area contributed by atoms with E-state index in [1.807, 2.05) is 0 Å². The van der Waals surface area contributed by atoms with Crippen molar-refractivity contribution >= 4 is 23.9 Å². The molecule has 0 aromatic heterocycles. The maximum absolute atomic E-state index is 11.3. The predicted molar refractivity (Wildman–Crippen MR) is 38.5 cm³/mol. The Labute approximate surface area is 78.2 Å². The van der Waals surface area contributed by atoms with Gasteiger partial charge in [0.05, 0.1) is 0 Å². The highest BCUT2D eigenvalue weighted by Crippen LogP contribution is 2.39. The lowest BCUT2D eigenvalue weighted by molar-refractivity contribution is -0.203. The zero-order valence-electron chi connectivity index (χ0n) is 7.07. The highest BCUT2D eigenvalue weighted by molar-refractivity contribution is 6.28. The highest BCUT2D eigenvalue weighted by atomic mass is 16.6. The van der Waals surface area contributed by atoms with Crippen LogP contribution in [0.4, 0.5) is 0 Å². The van der Waals surface area contributed by atoms with Gasteiger partial charge in [-0.2, -0.15) is 0 Å². The lowest BCUT2D eigenvalue weighted by atomic mass is 9.79. The van der Waals surface area contributed by atoms with Crippen molar-refractivity contribution in [2.24, 2.45) is 5.41 Å². The lowest BCUT2D eigenvalue weighted by Gasteiger charge is -2.31. The van der Waals surface area contributed by atoms with E-state index in [9.17, 15) is 19.2 Å². The summed E-state index contributed by atoms with van der Waals surface area (Å²) in [6, 6.07) is 0. The summed E-state index contributed by atoms with van der Waals surface area (Å²) in [4.78, 5) is 44.2. The molecule has 2 heterocycles. The van der Waals surface area contributed by atoms with Gasteiger partial charge in [-0.3, -0.25) is 4.79 Å². The summed E-state index contributed by atoms with van der Waals surface area (Å²) in [6.45, 7) is 0.